The van der Waals surface area contributed by atoms with Crippen LogP contribution in [0.2, 0.25) is 0 Å². The third-order valence-electron chi connectivity index (χ3n) is 4.99. The van der Waals surface area contributed by atoms with Crippen molar-refractivity contribution < 1.29 is 18.7 Å². The number of nitrogens with one attached hydrogen (secondary N) is 1. The van der Waals surface area contributed by atoms with Crippen molar-refractivity contribution in [2.24, 2.45) is 17.6 Å². The number of piperidine rings is 1. The molecule has 0 saturated carbocycles. The maximum atomic E-state index is 13.2. The van der Waals surface area contributed by atoms with Gasteiger partial charge in [0.1, 0.15) is 11.4 Å². The molecule has 1 aromatic heterocycles. The number of aromatic nitrogens is 2. The molecule has 2 atom stereocenters. The molecule has 2 aromatic rings. The summed E-state index contributed by atoms with van der Waals surface area (Å²) >= 11 is 0. The van der Waals surface area contributed by atoms with E-state index < -0.39 is 29.8 Å². The number of nitrogens with zero attached hydrogens (tertiary/aromatic N) is 4. The van der Waals surface area contributed by atoms with Crippen molar-refractivity contribution in [1.82, 2.24) is 14.7 Å². The van der Waals surface area contributed by atoms with Crippen molar-refractivity contribution in [2.75, 3.05) is 25.0 Å². The van der Waals surface area contributed by atoms with E-state index in [4.69, 9.17) is 10.5 Å². The van der Waals surface area contributed by atoms with Crippen LogP contribution in [-0.4, -0.2) is 46.4 Å². The molecule has 1 saturated heterocycles. The molecular formula is C21H25FN6O3. The monoisotopic (exact) mass is 428 g/mol. The van der Waals surface area contributed by atoms with Gasteiger partial charge in [0, 0.05) is 25.0 Å². The number of ether oxygens (including phenoxy) is 1. The minimum Gasteiger partial charge on any atom is -0.449 e. The zero-order valence-electron chi connectivity index (χ0n) is 17.4. The third kappa shape index (κ3) is 5.31. The number of rotatable bonds is 6. The molecule has 3 rings (SSSR count). The first-order valence-electron chi connectivity index (χ1n) is 10.0. The quantitative estimate of drug-likeness (QED) is 0.728. The average Bonchev–Trinajstić information content (AvgIpc) is 3.17. The molecule has 1 aliphatic heterocycles. The van der Waals surface area contributed by atoms with Crippen molar-refractivity contribution in [3.8, 4) is 6.07 Å². The fourth-order valence-electron chi connectivity index (χ4n) is 3.35. The third-order valence-corrected chi connectivity index (χ3v) is 4.99. The predicted octanol–water partition coefficient (Wildman–Crippen LogP) is 3.04. The molecule has 2 heterocycles. The summed E-state index contributed by atoms with van der Waals surface area (Å²) in [6.07, 6.45) is 1.47. The number of carbonyl (C=O) groups is 2. The number of carbonyl (C=O) groups excluding carboxylic acids is 2. The van der Waals surface area contributed by atoms with E-state index in [1.165, 1.54) is 35.1 Å². The number of primary amides is 1. The van der Waals surface area contributed by atoms with Gasteiger partial charge in [-0.3, -0.25) is 9.48 Å². The maximum absolute atomic E-state index is 13.2. The van der Waals surface area contributed by atoms with Gasteiger partial charge in [0.05, 0.1) is 24.6 Å². The summed E-state index contributed by atoms with van der Waals surface area (Å²) in [6, 6.07) is 7.34. The summed E-state index contributed by atoms with van der Waals surface area (Å²) in [5.41, 5.74) is 6.15. The molecule has 0 spiro atoms. The van der Waals surface area contributed by atoms with E-state index in [9.17, 15) is 19.2 Å². The van der Waals surface area contributed by atoms with E-state index in [2.05, 4.69) is 16.5 Å². The zero-order chi connectivity index (χ0) is 22.5. The van der Waals surface area contributed by atoms with Gasteiger partial charge >= 0.3 is 6.09 Å². The smallest absolute Gasteiger partial charge is 0.409 e. The Balaban J connectivity index is 1.84. The predicted molar refractivity (Wildman–Crippen MR) is 111 cm³/mol. The number of amides is 2. The van der Waals surface area contributed by atoms with Crippen molar-refractivity contribution in [3.05, 3.63) is 41.8 Å². The van der Waals surface area contributed by atoms with Crippen LogP contribution in [0, 0.1) is 29.0 Å². The summed E-state index contributed by atoms with van der Waals surface area (Å²) in [7, 11) is 0. The minimum atomic E-state index is -0.701. The van der Waals surface area contributed by atoms with Gasteiger partial charge in [-0.1, -0.05) is 13.8 Å². The first-order valence-corrected chi connectivity index (χ1v) is 10.0. The Hall–Kier alpha value is -3.61. The van der Waals surface area contributed by atoms with Crippen LogP contribution < -0.4 is 11.1 Å². The Kier molecular flexibility index (Phi) is 6.74. The van der Waals surface area contributed by atoms with Crippen molar-refractivity contribution in [1.29, 1.82) is 5.26 Å². The van der Waals surface area contributed by atoms with Gasteiger partial charge in [0.15, 0.2) is 5.82 Å². The Morgan fingerprint density at radius 3 is 2.71 bits per heavy atom. The highest BCUT2D eigenvalue weighted by atomic mass is 19.1. The number of nitrogens with two attached hydrogens (primary N) is 1. The van der Waals surface area contributed by atoms with E-state index in [0.29, 0.717) is 25.3 Å². The first kappa shape index (κ1) is 22.1. The van der Waals surface area contributed by atoms with E-state index >= 15 is 0 Å². The van der Waals surface area contributed by atoms with Crippen LogP contribution in [-0.2, 0) is 4.74 Å². The second-order valence-corrected chi connectivity index (χ2v) is 7.88. The minimum absolute atomic E-state index is 0.125. The van der Waals surface area contributed by atoms with Crippen LogP contribution >= 0.6 is 0 Å². The van der Waals surface area contributed by atoms with Gasteiger partial charge in [-0.05, 0) is 36.6 Å². The largest absolute Gasteiger partial charge is 0.449 e. The maximum Gasteiger partial charge on any atom is 0.409 e. The number of hydrogen-bond donors (Lipinski definition) is 2. The number of benzene rings is 1. The molecule has 0 aliphatic carbocycles. The summed E-state index contributed by atoms with van der Waals surface area (Å²) in [5, 5.41) is 17.0. The second kappa shape index (κ2) is 9.47. The van der Waals surface area contributed by atoms with Crippen LogP contribution in [0.5, 0.6) is 0 Å². The molecule has 10 heteroatoms. The SMILES string of the molecule is CC(C)COC(=O)N1CCC(C#N)C(n2cc(C(N)=O)c(Nc3ccc(F)cc3)n2)C1. The lowest BCUT2D eigenvalue weighted by molar-refractivity contribution is 0.0688. The molecule has 1 aliphatic rings. The topological polar surface area (TPSA) is 126 Å². The van der Waals surface area contributed by atoms with Gasteiger partial charge in [-0.15, -0.1) is 0 Å². The van der Waals surface area contributed by atoms with Gasteiger partial charge in [0.2, 0.25) is 0 Å². The number of likely N-dealkylation sites (tertiary alicyclic amines) is 1. The van der Waals surface area contributed by atoms with E-state index in [1.54, 1.807) is 4.90 Å². The molecular weight excluding hydrogens is 403 g/mol. The highest BCUT2D eigenvalue weighted by Gasteiger charge is 2.35. The summed E-state index contributed by atoms with van der Waals surface area (Å²) in [4.78, 5) is 25.9. The Bertz CT molecular complexity index is 982. The van der Waals surface area contributed by atoms with Crippen molar-refractivity contribution in [3.63, 3.8) is 0 Å². The Morgan fingerprint density at radius 2 is 2.10 bits per heavy atom. The molecule has 31 heavy (non-hydrogen) atoms. The molecule has 2 unspecified atom stereocenters. The highest BCUT2D eigenvalue weighted by Crippen LogP contribution is 2.30. The molecule has 1 fully saturated rings. The van der Waals surface area contributed by atoms with E-state index in [0.717, 1.165) is 0 Å². The summed E-state index contributed by atoms with van der Waals surface area (Å²) in [6.45, 7) is 4.81. The molecule has 0 bridgehead atoms. The zero-order valence-corrected chi connectivity index (χ0v) is 17.4. The van der Waals surface area contributed by atoms with E-state index in [1.807, 2.05) is 13.8 Å². The lowest BCUT2D eigenvalue weighted by atomic mass is 9.93. The Labute approximate surface area is 179 Å². The molecule has 164 valence electrons. The van der Waals surface area contributed by atoms with Gasteiger partial charge in [-0.2, -0.15) is 10.4 Å². The number of halogens is 1. The van der Waals surface area contributed by atoms with Crippen LogP contribution in [0.15, 0.2) is 30.5 Å². The van der Waals surface area contributed by atoms with Gasteiger partial charge < -0.3 is 20.7 Å². The van der Waals surface area contributed by atoms with Crippen molar-refractivity contribution in [2.45, 2.75) is 26.3 Å². The molecule has 2 amide bonds. The van der Waals surface area contributed by atoms with Crippen LogP contribution in [0.3, 0.4) is 0 Å². The lowest BCUT2D eigenvalue weighted by Crippen LogP contribution is -2.45. The number of anilines is 2. The molecule has 0 radical (unpaired) electrons. The second-order valence-electron chi connectivity index (χ2n) is 7.88. The van der Waals surface area contributed by atoms with Crippen LogP contribution in [0.25, 0.3) is 0 Å². The van der Waals surface area contributed by atoms with Crippen molar-refractivity contribution >= 4 is 23.5 Å². The van der Waals surface area contributed by atoms with E-state index in [-0.39, 0.29) is 23.8 Å². The Morgan fingerprint density at radius 1 is 1.39 bits per heavy atom. The van der Waals surface area contributed by atoms with Gasteiger partial charge in [0.25, 0.3) is 5.91 Å². The fourth-order valence-corrected chi connectivity index (χ4v) is 3.35. The van der Waals surface area contributed by atoms with Gasteiger partial charge in [-0.25, -0.2) is 9.18 Å². The van der Waals surface area contributed by atoms with Crippen LogP contribution in [0.4, 0.5) is 20.7 Å². The number of nitriles is 1. The normalized spacial score (nSPS) is 18.5. The average molecular weight is 428 g/mol. The highest BCUT2D eigenvalue weighted by molar-refractivity contribution is 5.98. The molecule has 3 N–H and O–H groups in total. The molecule has 1 aromatic carbocycles. The fraction of sp³-hybridized carbons (Fsp3) is 0.429. The molecule has 9 nitrogen and oxygen atoms in total. The summed E-state index contributed by atoms with van der Waals surface area (Å²) in [5.74, 6) is -1.10. The van der Waals surface area contributed by atoms with Crippen LogP contribution in [0.1, 0.15) is 36.7 Å². The lowest BCUT2D eigenvalue weighted by Gasteiger charge is -2.35. The summed E-state index contributed by atoms with van der Waals surface area (Å²) < 4.78 is 20.0. The first-order chi connectivity index (χ1) is 14.8. The standard InChI is InChI=1S/C21H25FN6O3/c1-13(2)12-31-21(30)27-8-7-14(9-23)18(11-27)28-10-17(19(24)29)20(26-28)25-16-5-3-15(22)4-6-16/h3-6,10,13-14,18H,7-8,11-12H2,1-2H3,(H2,24,29)(H,25,26). The number of hydrogen-bond acceptors (Lipinski definition) is 6.